The number of aryl methyl sites for hydroxylation is 1. The Hall–Kier alpha value is -3.59. The molecule has 0 amide bonds. The molecule has 0 saturated carbocycles. The van der Waals surface area contributed by atoms with Gasteiger partial charge >= 0.3 is 5.97 Å². The first kappa shape index (κ1) is 18.8. The number of fused-ring (bicyclic) bond motifs is 1. The molecule has 3 nitrogen and oxygen atoms in total. The topological polar surface area (TPSA) is 49.3 Å². The molecule has 29 heavy (non-hydrogen) atoms. The average molecular weight is 381 g/mol. The Morgan fingerprint density at radius 3 is 2.34 bits per heavy atom. The predicted molar refractivity (Wildman–Crippen MR) is 120 cm³/mol. The van der Waals surface area contributed by atoms with E-state index in [9.17, 15) is 9.90 Å². The minimum absolute atomic E-state index is 0.334. The molecule has 0 spiro atoms. The van der Waals surface area contributed by atoms with Gasteiger partial charge in [0.25, 0.3) is 0 Å². The fourth-order valence-corrected chi connectivity index (χ4v) is 3.87. The van der Waals surface area contributed by atoms with E-state index in [1.807, 2.05) is 38.1 Å². The van der Waals surface area contributed by atoms with Crippen LogP contribution >= 0.6 is 0 Å². The van der Waals surface area contributed by atoms with Crippen molar-refractivity contribution in [3.8, 4) is 11.1 Å². The van der Waals surface area contributed by atoms with Gasteiger partial charge in [-0.15, -0.1) is 0 Å². The highest BCUT2D eigenvalue weighted by Gasteiger charge is 2.13. The molecule has 0 fully saturated rings. The van der Waals surface area contributed by atoms with Gasteiger partial charge in [-0.05, 0) is 70.6 Å². The molecule has 0 aromatic heterocycles. The fraction of sp³-hybridized carbons (Fsp3) is 0.115. The van der Waals surface area contributed by atoms with Crippen LogP contribution in [0.25, 0.3) is 21.9 Å². The van der Waals surface area contributed by atoms with Gasteiger partial charge in [-0.3, -0.25) is 0 Å². The summed E-state index contributed by atoms with van der Waals surface area (Å²) in [5, 5.41) is 15.3. The standard InChI is InChI=1S/C26H23NO2/c1-17-12-13-23(26(28)29)18(2)25(17)27-16-22-15-21(19-8-4-3-5-9-19)14-20-10-6-7-11-24(20)22/h3-15,27H,16H2,1-2H3,(H,28,29). The zero-order valence-electron chi connectivity index (χ0n) is 16.6. The van der Waals surface area contributed by atoms with E-state index in [4.69, 9.17) is 0 Å². The van der Waals surface area contributed by atoms with Gasteiger partial charge in [-0.1, -0.05) is 60.7 Å². The molecule has 4 aromatic rings. The van der Waals surface area contributed by atoms with Crippen LogP contribution in [0.4, 0.5) is 5.69 Å². The number of rotatable bonds is 5. The molecule has 3 heteroatoms. The lowest BCUT2D eigenvalue weighted by Crippen LogP contribution is -2.08. The summed E-state index contributed by atoms with van der Waals surface area (Å²) < 4.78 is 0. The van der Waals surface area contributed by atoms with Crippen LogP contribution in [0, 0.1) is 13.8 Å². The molecule has 0 saturated heterocycles. The number of carboxylic acid groups (broad SMARTS) is 1. The Morgan fingerprint density at radius 2 is 1.59 bits per heavy atom. The number of benzene rings is 4. The Morgan fingerprint density at radius 1 is 0.862 bits per heavy atom. The Balaban J connectivity index is 1.75. The lowest BCUT2D eigenvalue weighted by molar-refractivity contribution is 0.0696. The first-order chi connectivity index (χ1) is 14.0. The zero-order chi connectivity index (χ0) is 20.4. The Bertz CT molecular complexity index is 1200. The lowest BCUT2D eigenvalue weighted by Gasteiger charge is -2.17. The molecule has 2 N–H and O–H groups in total. The van der Waals surface area contributed by atoms with Gasteiger partial charge in [0.05, 0.1) is 5.56 Å². The number of hydrogen-bond acceptors (Lipinski definition) is 2. The van der Waals surface area contributed by atoms with Crippen molar-refractivity contribution in [2.75, 3.05) is 5.32 Å². The average Bonchev–Trinajstić information content (AvgIpc) is 2.73. The van der Waals surface area contributed by atoms with E-state index in [0.717, 1.165) is 16.8 Å². The summed E-state index contributed by atoms with van der Waals surface area (Å²) >= 11 is 0. The normalized spacial score (nSPS) is 10.8. The monoisotopic (exact) mass is 381 g/mol. The van der Waals surface area contributed by atoms with Gasteiger partial charge in [0, 0.05) is 12.2 Å². The first-order valence-corrected chi connectivity index (χ1v) is 9.69. The zero-order valence-corrected chi connectivity index (χ0v) is 16.6. The summed E-state index contributed by atoms with van der Waals surface area (Å²) in [7, 11) is 0. The van der Waals surface area contributed by atoms with Gasteiger partial charge in [-0.25, -0.2) is 4.79 Å². The SMILES string of the molecule is Cc1ccc(C(=O)O)c(C)c1NCc1cc(-c2ccccc2)cc2ccccc12. The van der Waals surface area contributed by atoms with Crippen LogP contribution in [0.1, 0.15) is 27.0 Å². The number of anilines is 1. The largest absolute Gasteiger partial charge is 0.478 e. The molecule has 144 valence electrons. The third kappa shape index (κ3) is 3.72. The van der Waals surface area contributed by atoms with Crippen LogP contribution in [0.5, 0.6) is 0 Å². The molecule has 4 aromatic carbocycles. The maximum atomic E-state index is 11.5. The van der Waals surface area contributed by atoms with Crippen LogP contribution in [-0.4, -0.2) is 11.1 Å². The van der Waals surface area contributed by atoms with E-state index in [0.29, 0.717) is 12.1 Å². The van der Waals surface area contributed by atoms with Crippen LogP contribution in [0.15, 0.2) is 78.9 Å². The molecule has 0 atom stereocenters. The van der Waals surface area contributed by atoms with Crippen molar-refractivity contribution in [3.63, 3.8) is 0 Å². The third-order valence-corrected chi connectivity index (χ3v) is 5.41. The van der Waals surface area contributed by atoms with Crippen LogP contribution < -0.4 is 5.32 Å². The summed E-state index contributed by atoms with van der Waals surface area (Å²) in [6.45, 7) is 4.47. The van der Waals surface area contributed by atoms with E-state index < -0.39 is 5.97 Å². The third-order valence-electron chi connectivity index (χ3n) is 5.41. The first-order valence-electron chi connectivity index (χ1n) is 9.69. The van der Waals surface area contributed by atoms with Gasteiger partial charge in [-0.2, -0.15) is 0 Å². The van der Waals surface area contributed by atoms with Gasteiger partial charge in [0.2, 0.25) is 0 Å². The molecule has 0 aliphatic rings. The maximum Gasteiger partial charge on any atom is 0.336 e. The lowest BCUT2D eigenvalue weighted by atomic mass is 9.96. The summed E-state index contributed by atoms with van der Waals surface area (Å²) in [4.78, 5) is 11.5. The minimum Gasteiger partial charge on any atom is -0.478 e. The quantitative estimate of drug-likeness (QED) is 0.418. The van der Waals surface area contributed by atoms with Crippen LogP contribution in [0.3, 0.4) is 0 Å². The Labute approximate surface area is 170 Å². The number of nitrogens with one attached hydrogen (secondary N) is 1. The van der Waals surface area contributed by atoms with Crippen molar-refractivity contribution in [1.82, 2.24) is 0 Å². The smallest absolute Gasteiger partial charge is 0.336 e. The molecule has 0 aliphatic heterocycles. The second-order valence-corrected chi connectivity index (χ2v) is 7.31. The van der Waals surface area contributed by atoms with E-state index >= 15 is 0 Å². The minimum atomic E-state index is -0.901. The number of aromatic carboxylic acids is 1. The van der Waals surface area contributed by atoms with E-state index in [2.05, 4.69) is 53.8 Å². The van der Waals surface area contributed by atoms with E-state index in [1.54, 1.807) is 6.07 Å². The van der Waals surface area contributed by atoms with Gasteiger partial charge in [0.15, 0.2) is 0 Å². The molecule has 0 unspecified atom stereocenters. The molecule has 0 bridgehead atoms. The number of hydrogen-bond donors (Lipinski definition) is 2. The highest BCUT2D eigenvalue weighted by Crippen LogP contribution is 2.30. The molecule has 4 rings (SSSR count). The van der Waals surface area contributed by atoms with Gasteiger partial charge in [0.1, 0.15) is 0 Å². The summed E-state index contributed by atoms with van der Waals surface area (Å²) in [6.07, 6.45) is 0. The second-order valence-electron chi connectivity index (χ2n) is 7.31. The molecular formula is C26H23NO2. The number of carboxylic acids is 1. The van der Waals surface area contributed by atoms with Crippen molar-refractivity contribution in [3.05, 3.63) is 101 Å². The summed E-state index contributed by atoms with van der Waals surface area (Å²) in [5.74, 6) is -0.901. The van der Waals surface area contributed by atoms with Crippen molar-refractivity contribution < 1.29 is 9.90 Å². The molecule has 0 heterocycles. The van der Waals surface area contributed by atoms with Crippen molar-refractivity contribution in [2.45, 2.75) is 20.4 Å². The highest BCUT2D eigenvalue weighted by molar-refractivity contribution is 5.92. The van der Waals surface area contributed by atoms with E-state index in [1.165, 1.54) is 27.5 Å². The second kappa shape index (κ2) is 7.80. The Kier molecular flexibility index (Phi) is 5.05. The summed E-state index contributed by atoms with van der Waals surface area (Å²) in [6, 6.07) is 26.7. The fourth-order valence-electron chi connectivity index (χ4n) is 3.87. The van der Waals surface area contributed by atoms with Crippen molar-refractivity contribution in [2.24, 2.45) is 0 Å². The predicted octanol–water partition coefficient (Wildman–Crippen LogP) is 6.43. The number of carbonyl (C=O) groups is 1. The summed E-state index contributed by atoms with van der Waals surface area (Å²) in [5.41, 5.74) is 6.56. The van der Waals surface area contributed by atoms with E-state index in [-0.39, 0.29) is 0 Å². The maximum absolute atomic E-state index is 11.5. The van der Waals surface area contributed by atoms with Crippen LogP contribution in [-0.2, 0) is 6.54 Å². The van der Waals surface area contributed by atoms with Crippen molar-refractivity contribution in [1.29, 1.82) is 0 Å². The molecule has 0 radical (unpaired) electrons. The molecule has 0 aliphatic carbocycles. The van der Waals surface area contributed by atoms with Crippen molar-refractivity contribution >= 4 is 22.4 Å². The molecular weight excluding hydrogens is 358 g/mol. The van der Waals surface area contributed by atoms with Gasteiger partial charge < -0.3 is 10.4 Å². The van der Waals surface area contributed by atoms with Crippen LogP contribution in [0.2, 0.25) is 0 Å². The highest BCUT2D eigenvalue weighted by atomic mass is 16.4.